The van der Waals surface area contributed by atoms with E-state index in [1.165, 1.54) is 6.07 Å². The van der Waals surface area contributed by atoms with E-state index in [9.17, 15) is 19.7 Å². The van der Waals surface area contributed by atoms with Crippen molar-refractivity contribution in [3.8, 4) is 0 Å². The maximum absolute atomic E-state index is 12.6. The summed E-state index contributed by atoms with van der Waals surface area (Å²) < 4.78 is 0. The van der Waals surface area contributed by atoms with Gasteiger partial charge in [-0.15, -0.1) is 0 Å². The van der Waals surface area contributed by atoms with Gasteiger partial charge in [-0.2, -0.15) is 0 Å². The van der Waals surface area contributed by atoms with Crippen LogP contribution in [0.1, 0.15) is 54.4 Å². The van der Waals surface area contributed by atoms with Crippen LogP contribution in [0.4, 0.5) is 17.1 Å². The predicted octanol–water partition coefficient (Wildman–Crippen LogP) is 4.25. The van der Waals surface area contributed by atoms with Gasteiger partial charge in [-0.05, 0) is 55.5 Å². The monoisotopic (exact) mass is 436 g/mol. The molecule has 2 fully saturated rings. The van der Waals surface area contributed by atoms with Crippen molar-refractivity contribution in [3.05, 3.63) is 63.7 Å². The highest BCUT2D eigenvalue weighted by Crippen LogP contribution is 2.31. The van der Waals surface area contributed by atoms with E-state index in [0.717, 1.165) is 57.2 Å². The van der Waals surface area contributed by atoms with Gasteiger partial charge in [0.05, 0.1) is 4.92 Å². The van der Waals surface area contributed by atoms with E-state index >= 15 is 0 Å². The predicted molar refractivity (Wildman–Crippen MR) is 123 cm³/mol. The first kappa shape index (κ1) is 21.8. The molecule has 1 saturated heterocycles. The van der Waals surface area contributed by atoms with E-state index in [0.29, 0.717) is 11.4 Å². The van der Waals surface area contributed by atoms with Crippen molar-refractivity contribution in [1.82, 2.24) is 5.32 Å². The molecular formula is C24H28N4O4. The van der Waals surface area contributed by atoms with Crippen molar-refractivity contribution in [3.63, 3.8) is 0 Å². The molecular weight excluding hydrogens is 408 g/mol. The average molecular weight is 437 g/mol. The minimum Gasteiger partial charge on any atom is -0.366 e. The number of rotatable bonds is 7. The molecule has 1 heterocycles. The molecule has 2 aromatic rings. The van der Waals surface area contributed by atoms with Crippen molar-refractivity contribution in [2.75, 3.05) is 23.3 Å². The first-order valence-electron chi connectivity index (χ1n) is 11.2. The molecule has 8 nitrogen and oxygen atoms in total. The van der Waals surface area contributed by atoms with Crippen LogP contribution in [0.3, 0.4) is 0 Å². The molecule has 0 radical (unpaired) electrons. The van der Waals surface area contributed by atoms with Crippen LogP contribution < -0.4 is 15.5 Å². The normalized spacial score (nSPS) is 16.2. The Bertz CT molecular complexity index is 1010. The number of nitro groups is 1. The summed E-state index contributed by atoms with van der Waals surface area (Å²) in [7, 11) is 0. The summed E-state index contributed by atoms with van der Waals surface area (Å²) in [5.74, 6) is -0.242. The minimum absolute atomic E-state index is 0.0452. The van der Waals surface area contributed by atoms with Crippen LogP contribution >= 0.6 is 0 Å². The Morgan fingerprint density at radius 1 is 1.03 bits per heavy atom. The van der Waals surface area contributed by atoms with Crippen molar-refractivity contribution < 1.29 is 14.5 Å². The standard InChI is InChI=1S/C24H28N4O4/c29-23(19-10-11-21(22(15-19)28(31)32)27-12-3-4-13-27)25-16-17-6-5-9-20(14-17)26-24(30)18-7-1-2-8-18/h5-6,9-11,14-15,18H,1-4,7-8,12-13,16H2,(H,25,29)(H,26,30). The molecule has 1 aliphatic carbocycles. The number of nitro benzene ring substituents is 1. The number of carbonyl (C=O) groups is 2. The fourth-order valence-corrected chi connectivity index (χ4v) is 4.51. The largest absolute Gasteiger partial charge is 0.366 e. The third-order valence-corrected chi connectivity index (χ3v) is 6.25. The van der Waals surface area contributed by atoms with Gasteiger partial charge in [0.1, 0.15) is 5.69 Å². The van der Waals surface area contributed by atoms with Gasteiger partial charge in [-0.25, -0.2) is 0 Å². The molecule has 0 bridgehead atoms. The van der Waals surface area contributed by atoms with Crippen LogP contribution in [0, 0.1) is 16.0 Å². The molecule has 32 heavy (non-hydrogen) atoms. The SMILES string of the molecule is O=C(NCc1cccc(NC(=O)C2CCCC2)c1)c1ccc(N2CCCC2)c([N+](=O)[O-])c1. The summed E-state index contributed by atoms with van der Waals surface area (Å²) in [5.41, 5.74) is 2.32. The highest BCUT2D eigenvalue weighted by molar-refractivity contribution is 5.96. The van der Waals surface area contributed by atoms with E-state index < -0.39 is 4.92 Å². The molecule has 2 amide bonds. The molecule has 0 unspecified atom stereocenters. The van der Waals surface area contributed by atoms with E-state index in [1.54, 1.807) is 12.1 Å². The highest BCUT2D eigenvalue weighted by atomic mass is 16.6. The van der Waals surface area contributed by atoms with Gasteiger partial charge in [0, 0.05) is 42.9 Å². The van der Waals surface area contributed by atoms with Gasteiger partial charge in [-0.1, -0.05) is 25.0 Å². The number of amides is 2. The minimum atomic E-state index is -0.430. The van der Waals surface area contributed by atoms with Gasteiger partial charge >= 0.3 is 0 Å². The second-order valence-electron chi connectivity index (χ2n) is 8.51. The number of hydrogen-bond acceptors (Lipinski definition) is 5. The smallest absolute Gasteiger partial charge is 0.293 e. The molecule has 1 aliphatic heterocycles. The lowest BCUT2D eigenvalue weighted by molar-refractivity contribution is -0.384. The fraction of sp³-hybridized carbons (Fsp3) is 0.417. The zero-order valence-corrected chi connectivity index (χ0v) is 18.0. The lowest BCUT2D eigenvalue weighted by Crippen LogP contribution is -2.24. The Kier molecular flexibility index (Phi) is 6.68. The van der Waals surface area contributed by atoms with Gasteiger partial charge < -0.3 is 15.5 Å². The van der Waals surface area contributed by atoms with Crippen molar-refractivity contribution in [2.45, 2.75) is 45.1 Å². The Hall–Kier alpha value is -3.42. The lowest BCUT2D eigenvalue weighted by Gasteiger charge is -2.17. The van der Waals surface area contributed by atoms with Crippen molar-refractivity contribution in [1.29, 1.82) is 0 Å². The molecule has 4 rings (SSSR count). The molecule has 2 aromatic carbocycles. The summed E-state index contributed by atoms with van der Waals surface area (Å²) in [4.78, 5) is 38.1. The zero-order chi connectivity index (χ0) is 22.5. The number of hydrogen-bond donors (Lipinski definition) is 2. The maximum atomic E-state index is 12.6. The van der Waals surface area contributed by atoms with Crippen LogP contribution in [-0.4, -0.2) is 29.8 Å². The molecule has 168 valence electrons. The van der Waals surface area contributed by atoms with Crippen LogP contribution in [0.25, 0.3) is 0 Å². The van der Waals surface area contributed by atoms with Crippen LogP contribution in [0.2, 0.25) is 0 Å². The molecule has 2 aliphatic rings. The Morgan fingerprint density at radius 3 is 2.50 bits per heavy atom. The summed E-state index contributed by atoms with van der Waals surface area (Å²) in [6.07, 6.45) is 6.09. The quantitative estimate of drug-likeness (QED) is 0.499. The molecule has 0 spiro atoms. The number of carbonyl (C=O) groups excluding carboxylic acids is 2. The van der Waals surface area contributed by atoms with E-state index in [-0.39, 0.29) is 35.5 Å². The van der Waals surface area contributed by atoms with Gasteiger partial charge in [0.2, 0.25) is 5.91 Å². The molecule has 0 aromatic heterocycles. The first-order chi connectivity index (χ1) is 15.5. The summed E-state index contributed by atoms with van der Waals surface area (Å²) in [6, 6.07) is 12.0. The topological polar surface area (TPSA) is 105 Å². The number of nitrogens with one attached hydrogen (secondary N) is 2. The third-order valence-electron chi connectivity index (χ3n) is 6.25. The summed E-state index contributed by atoms with van der Waals surface area (Å²) in [5, 5.41) is 17.3. The van der Waals surface area contributed by atoms with Crippen molar-refractivity contribution >= 4 is 28.9 Å². The van der Waals surface area contributed by atoms with Gasteiger partial charge in [0.15, 0.2) is 0 Å². The maximum Gasteiger partial charge on any atom is 0.293 e. The summed E-state index contributed by atoms with van der Waals surface area (Å²) >= 11 is 0. The number of anilines is 2. The van der Waals surface area contributed by atoms with Gasteiger partial charge in [0.25, 0.3) is 11.6 Å². The number of benzene rings is 2. The van der Waals surface area contributed by atoms with Crippen LogP contribution in [0.5, 0.6) is 0 Å². The van der Waals surface area contributed by atoms with E-state index in [1.807, 2.05) is 29.2 Å². The fourth-order valence-electron chi connectivity index (χ4n) is 4.51. The number of nitrogens with zero attached hydrogens (tertiary/aromatic N) is 2. The highest BCUT2D eigenvalue weighted by Gasteiger charge is 2.24. The molecule has 8 heteroatoms. The third kappa shape index (κ3) is 5.07. The summed E-state index contributed by atoms with van der Waals surface area (Å²) in [6.45, 7) is 1.84. The zero-order valence-electron chi connectivity index (χ0n) is 18.0. The van der Waals surface area contributed by atoms with Gasteiger partial charge in [-0.3, -0.25) is 19.7 Å². The van der Waals surface area contributed by atoms with E-state index in [4.69, 9.17) is 0 Å². The Morgan fingerprint density at radius 2 is 1.78 bits per heavy atom. The second kappa shape index (κ2) is 9.80. The molecule has 2 N–H and O–H groups in total. The van der Waals surface area contributed by atoms with Crippen LogP contribution in [0.15, 0.2) is 42.5 Å². The second-order valence-corrected chi connectivity index (χ2v) is 8.51. The van der Waals surface area contributed by atoms with Crippen molar-refractivity contribution in [2.24, 2.45) is 5.92 Å². The average Bonchev–Trinajstić information content (AvgIpc) is 3.52. The molecule has 0 atom stereocenters. The molecule has 1 saturated carbocycles. The Labute approximate surface area is 187 Å². The first-order valence-corrected chi connectivity index (χ1v) is 11.2. The Balaban J connectivity index is 1.39. The lowest BCUT2D eigenvalue weighted by atomic mass is 10.1. The van der Waals surface area contributed by atoms with E-state index in [2.05, 4.69) is 10.6 Å². The van der Waals surface area contributed by atoms with Crippen LogP contribution in [-0.2, 0) is 11.3 Å².